The second-order valence-electron chi connectivity index (χ2n) is 4.83. The highest BCUT2D eigenvalue weighted by Crippen LogP contribution is 2.33. The lowest BCUT2D eigenvalue weighted by atomic mass is 9.89. The Balaban J connectivity index is 2.05. The lowest BCUT2D eigenvalue weighted by molar-refractivity contribution is -0.0647. The number of benzene rings is 1. The number of halogens is 2. The lowest BCUT2D eigenvalue weighted by Gasteiger charge is -2.30. The average Bonchev–Trinajstić information content (AvgIpc) is 2.39. The van der Waals surface area contributed by atoms with Crippen LogP contribution < -0.4 is 10.1 Å². The molecule has 1 saturated heterocycles. The zero-order valence-corrected chi connectivity index (χ0v) is 10.6. The normalized spacial score (nSPS) is 20.7. The Bertz CT molecular complexity index is 389. The minimum atomic E-state index is -2.65. The molecule has 0 amide bonds. The Morgan fingerprint density at radius 3 is 2.94 bits per heavy atom. The first-order valence-corrected chi connectivity index (χ1v) is 6.33. The monoisotopic (exact) mass is 255 g/mol. The first-order valence-electron chi connectivity index (χ1n) is 6.33. The van der Waals surface area contributed by atoms with E-state index in [9.17, 15) is 8.78 Å². The highest BCUT2D eigenvalue weighted by molar-refractivity contribution is 5.29. The molecule has 4 heteroatoms. The van der Waals surface area contributed by atoms with Crippen molar-refractivity contribution in [1.29, 1.82) is 0 Å². The summed E-state index contributed by atoms with van der Waals surface area (Å²) in [6.45, 7) is 1.27. The molecule has 100 valence electrons. The van der Waals surface area contributed by atoms with Gasteiger partial charge in [-0.15, -0.1) is 0 Å². The van der Waals surface area contributed by atoms with E-state index in [1.807, 2.05) is 0 Å². The van der Waals surface area contributed by atoms with Crippen LogP contribution in [-0.4, -0.2) is 26.1 Å². The molecule has 1 heterocycles. The summed E-state index contributed by atoms with van der Waals surface area (Å²) >= 11 is 0. The highest BCUT2D eigenvalue weighted by Gasteiger charge is 2.39. The topological polar surface area (TPSA) is 21.3 Å². The van der Waals surface area contributed by atoms with Gasteiger partial charge in [0.1, 0.15) is 5.75 Å². The van der Waals surface area contributed by atoms with Crippen molar-refractivity contribution in [3.05, 3.63) is 29.8 Å². The van der Waals surface area contributed by atoms with E-state index in [4.69, 9.17) is 4.74 Å². The predicted molar refractivity (Wildman–Crippen MR) is 67.2 cm³/mol. The van der Waals surface area contributed by atoms with Gasteiger partial charge in [-0.2, -0.15) is 0 Å². The fourth-order valence-electron chi connectivity index (χ4n) is 2.41. The Labute approximate surface area is 106 Å². The van der Waals surface area contributed by atoms with Crippen LogP contribution in [0, 0.1) is 5.92 Å². The highest BCUT2D eigenvalue weighted by atomic mass is 19.3. The maximum Gasteiger partial charge on any atom is 0.256 e. The summed E-state index contributed by atoms with van der Waals surface area (Å²) in [5.41, 5.74) is 0.630. The largest absolute Gasteiger partial charge is 0.497 e. The van der Waals surface area contributed by atoms with Crippen molar-refractivity contribution in [2.24, 2.45) is 5.92 Å². The molecular formula is C14H19F2NO. The van der Waals surface area contributed by atoms with Crippen LogP contribution in [0.25, 0.3) is 0 Å². The molecule has 1 fully saturated rings. The molecule has 0 aliphatic carbocycles. The van der Waals surface area contributed by atoms with Crippen LogP contribution in [0.2, 0.25) is 0 Å². The summed E-state index contributed by atoms with van der Waals surface area (Å²) in [4.78, 5) is 0. The SMILES string of the molecule is COc1cccc(CC(F)(F)C2CCCNC2)c1. The number of hydrogen-bond donors (Lipinski definition) is 1. The van der Waals surface area contributed by atoms with Crippen LogP contribution in [0.1, 0.15) is 18.4 Å². The van der Waals surface area contributed by atoms with Crippen LogP contribution in [0.3, 0.4) is 0 Å². The molecule has 2 nitrogen and oxygen atoms in total. The summed E-state index contributed by atoms with van der Waals surface area (Å²) in [7, 11) is 1.54. The van der Waals surface area contributed by atoms with Gasteiger partial charge < -0.3 is 10.1 Å². The van der Waals surface area contributed by atoms with Crippen molar-refractivity contribution < 1.29 is 13.5 Å². The first-order chi connectivity index (χ1) is 8.62. The number of nitrogens with one attached hydrogen (secondary N) is 1. The molecule has 0 aromatic heterocycles. The number of alkyl halides is 2. The zero-order chi connectivity index (χ0) is 13.0. The van der Waals surface area contributed by atoms with E-state index in [1.165, 1.54) is 0 Å². The van der Waals surface area contributed by atoms with Crippen molar-refractivity contribution in [2.75, 3.05) is 20.2 Å². The van der Waals surface area contributed by atoms with Gasteiger partial charge in [0, 0.05) is 18.9 Å². The Hall–Kier alpha value is -1.16. The fraction of sp³-hybridized carbons (Fsp3) is 0.571. The molecule has 1 aromatic rings. The molecule has 1 aliphatic rings. The van der Waals surface area contributed by atoms with Gasteiger partial charge in [-0.05, 0) is 37.1 Å². The maximum absolute atomic E-state index is 14.1. The predicted octanol–water partition coefficient (Wildman–Crippen LogP) is 2.87. The number of rotatable bonds is 4. The summed E-state index contributed by atoms with van der Waals surface area (Å²) in [5, 5.41) is 3.04. The molecule has 0 radical (unpaired) electrons. The summed E-state index contributed by atoms with van der Waals surface area (Å²) in [6.07, 6.45) is 1.22. The smallest absolute Gasteiger partial charge is 0.256 e. The number of methoxy groups -OCH3 is 1. The summed E-state index contributed by atoms with van der Waals surface area (Å²) in [6, 6.07) is 6.93. The molecule has 1 unspecified atom stereocenters. The van der Waals surface area contributed by atoms with Crippen molar-refractivity contribution in [2.45, 2.75) is 25.2 Å². The third-order valence-corrected chi connectivity index (χ3v) is 3.47. The molecule has 1 aliphatic heterocycles. The molecular weight excluding hydrogens is 236 g/mol. The Kier molecular flexibility index (Phi) is 4.17. The Morgan fingerprint density at radius 1 is 1.44 bits per heavy atom. The molecule has 1 N–H and O–H groups in total. The van der Waals surface area contributed by atoms with Crippen LogP contribution in [0.4, 0.5) is 8.78 Å². The van der Waals surface area contributed by atoms with Gasteiger partial charge in [0.15, 0.2) is 0 Å². The van der Waals surface area contributed by atoms with Crippen molar-refractivity contribution in [1.82, 2.24) is 5.32 Å². The van der Waals surface area contributed by atoms with Crippen LogP contribution >= 0.6 is 0 Å². The Morgan fingerprint density at radius 2 is 2.28 bits per heavy atom. The van der Waals surface area contributed by atoms with E-state index in [0.717, 1.165) is 13.0 Å². The van der Waals surface area contributed by atoms with Gasteiger partial charge in [-0.3, -0.25) is 0 Å². The molecule has 2 rings (SSSR count). The number of ether oxygens (including phenoxy) is 1. The van der Waals surface area contributed by atoms with E-state index < -0.39 is 11.8 Å². The zero-order valence-electron chi connectivity index (χ0n) is 10.6. The van der Waals surface area contributed by atoms with Gasteiger partial charge in [0.25, 0.3) is 5.92 Å². The maximum atomic E-state index is 14.1. The first kappa shape index (κ1) is 13.3. The van der Waals surface area contributed by atoms with Crippen molar-refractivity contribution >= 4 is 0 Å². The van der Waals surface area contributed by atoms with Gasteiger partial charge in [-0.1, -0.05) is 12.1 Å². The van der Waals surface area contributed by atoms with Crippen molar-refractivity contribution in [3.63, 3.8) is 0 Å². The van der Waals surface area contributed by atoms with E-state index in [1.54, 1.807) is 31.4 Å². The van der Waals surface area contributed by atoms with E-state index in [0.29, 0.717) is 24.3 Å². The van der Waals surface area contributed by atoms with E-state index in [2.05, 4.69) is 5.32 Å². The van der Waals surface area contributed by atoms with Crippen LogP contribution in [0.5, 0.6) is 5.75 Å². The molecule has 18 heavy (non-hydrogen) atoms. The minimum absolute atomic E-state index is 0.212. The van der Waals surface area contributed by atoms with Crippen LogP contribution in [0.15, 0.2) is 24.3 Å². The summed E-state index contributed by atoms with van der Waals surface area (Å²) < 4.78 is 33.4. The average molecular weight is 255 g/mol. The van der Waals surface area contributed by atoms with Gasteiger partial charge in [0.2, 0.25) is 0 Å². The van der Waals surface area contributed by atoms with E-state index in [-0.39, 0.29) is 6.42 Å². The molecule has 0 spiro atoms. The molecule has 1 atom stereocenters. The quantitative estimate of drug-likeness (QED) is 0.893. The molecule has 0 saturated carbocycles. The fourth-order valence-corrected chi connectivity index (χ4v) is 2.41. The molecule has 1 aromatic carbocycles. The second kappa shape index (κ2) is 5.65. The van der Waals surface area contributed by atoms with Gasteiger partial charge in [-0.25, -0.2) is 8.78 Å². The minimum Gasteiger partial charge on any atom is -0.497 e. The van der Waals surface area contributed by atoms with Crippen LogP contribution in [-0.2, 0) is 6.42 Å². The number of hydrogen-bond acceptors (Lipinski definition) is 2. The van der Waals surface area contributed by atoms with E-state index >= 15 is 0 Å². The van der Waals surface area contributed by atoms with Gasteiger partial charge in [0.05, 0.1) is 7.11 Å². The third kappa shape index (κ3) is 3.19. The standard InChI is InChI=1S/C14H19F2NO/c1-18-13-6-2-4-11(8-13)9-14(15,16)12-5-3-7-17-10-12/h2,4,6,8,12,17H,3,5,7,9-10H2,1H3. The molecule has 0 bridgehead atoms. The van der Waals surface area contributed by atoms with Gasteiger partial charge >= 0.3 is 0 Å². The van der Waals surface area contributed by atoms with Crippen molar-refractivity contribution in [3.8, 4) is 5.75 Å². The second-order valence-corrected chi connectivity index (χ2v) is 4.83. The third-order valence-electron chi connectivity index (χ3n) is 3.47. The summed E-state index contributed by atoms with van der Waals surface area (Å²) in [5.74, 6) is -2.58. The number of piperidine rings is 1. The lowest BCUT2D eigenvalue weighted by Crippen LogP contribution is -2.41.